The summed E-state index contributed by atoms with van der Waals surface area (Å²) in [7, 11) is 0. The molecule has 3 N–H and O–H groups in total. The van der Waals surface area contributed by atoms with Crippen LogP contribution < -0.4 is 5.32 Å². The summed E-state index contributed by atoms with van der Waals surface area (Å²) in [4.78, 5) is 32.5. The highest BCUT2D eigenvalue weighted by atomic mass is 19.2. The summed E-state index contributed by atoms with van der Waals surface area (Å²) in [5.41, 5.74) is 0.130. The third-order valence-corrected chi connectivity index (χ3v) is 5.98. The molecule has 2 heterocycles. The van der Waals surface area contributed by atoms with E-state index in [1.54, 1.807) is 6.92 Å². The molecule has 4 rings (SSSR count). The van der Waals surface area contributed by atoms with Gasteiger partial charge in [-0.3, -0.25) is 4.79 Å². The number of allylic oxidation sites excluding steroid dienone is 1. The zero-order valence-corrected chi connectivity index (χ0v) is 19.0. The van der Waals surface area contributed by atoms with Gasteiger partial charge in [0.2, 0.25) is 17.6 Å². The molecule has 9 nitrogen and oxygen atoms in total. The Morgan fingerprint density at radius 3 is 2.67 bits per heavy atom. The number of benzene rings is 1. The average Bonchev–Trinajstić information content (AvgIpc) is 3.30. The molecule has 0 spiro atoms. The van der Waals surface area contributed by atoms with Crippen molar-refractivity contribution in [3.05, 3.63) is 70.6 Å². The van der Waals surface area contributed by atoms with Gasteiger partial charge in [0, 0.05) is 24.6 Å². The van der Waals surface area contributed by atoms with Crippen LogP contribution in [0.3, 0.4) is 0 Å². The number of aromatic nitrogens is 3. The number of nitrogens with zero attached hydrogens (tertiary/aromatic N) is 3. The van der Waals surface area contributed by atoms with Gasteiger partial charge in [-0.25, -0.2) is 22.9 Å². The number of halogens is 3. The molecule has 2 aromatic heterocycles. The molecule has 12 heteroatoms. The number of hydrogen-bond donors (Lipinski definition) is 3. The normalized spacial score (nSPS) is 17.8. The molecular formula is C24H21F3N4O5. The average molecular weight is 502 g/mol. The number of aliphatic carboxylic acids is 1. The molecule has 0 saturated carbocycles. The van der Waals surface area contributed by atoms with Gasteiger partial charge in [-0.15, -0.1) is 0 Å². The highest BCUT2D eigenvalue weighted by Gasteiger charge is 2.34. The lowest BCUT2D eigenvalue weighted by Gasteiger charge is -2.32. The Kier molecular flexibility index (Phi) is 7.04. The number of amides is 1. The number of carboxylic acids is 1. The quantitative estimate of drug-likeness (QED) is 0.414. The first kappa shape index (κ1) is 24.9. The van der Waals surface area contributed by atoms with E-state index in [9.17, 15) is 33.0 Å². The Morgan fingerprint density at radius 1 is 1.19 bits per heavy atom. The van der Waals surface area contributed by atoms with E-state index in [-0.39, 0.29) is 60.0 Å². The zero-order valence-electron chi connectivity index (χ0n) is 19.0. The van der Waals surface area contributed by atoms with Gasteiger partial charge in [0.25, 0.3) is 0 Å². The molecular weight excluding hydrogens is 481 g/mol. The monoisotopic (exact) mass is 502 g/mol. The van der Waals surface area contributed by atoms with Crippen molar-refractivity contribution in [3.63, 3.8) is 0 Å². The van der Waals surface area contributed by atoms with Crippen molar-refractivity contribution >= 4 is 11.9 Å². The van der Waals surface area contributed by atoms with Gasteiger partial charge in [0.1, 0.15) is 17.3 Å². The lowest BCUT2D eigenvalue weighted by molar-refractivity contribution is -0.133. The second kappa shape index (κ2) is 10.2. The Morgan fingerprint density at radius 2 is 1.97 bits per heavy atom. The molecule has 2 unspecified atom stereocenters. The van der Waals surface area contributed by atoms with E-state index in [4.69, 9.17) is 4.52 Å². The number of rotatable bonds is 7. The molecule has 2 atom stereocenters. The Balaban J connectivity index is 1.44. The van der Waals surface area contributed by atoms with Gasteiger partial charge in [0.05, 0.1) is 11.8 Å². The molecule has 0 aliphatic heterocycles. The highest BCUT2D eigenvalue weighted by Crippen LogP contribution is 2.41. The third-order valence-electron chi connectivity index (χ3n) is 5.98. The molecule has 3 aromatic rings. The van der Waals surface area contributed by atoms with E-state index in [1.165, 1.54) is 18.3 Å². The Labute approximate surface area is 202 Å². The number of carbonyl (C=O) groups excluding carboxylic acids is 1. The minimum Gasteiger partial charge on any atom is -0.506 e. The van der Waals surface area contributed by atoms with Crippen molar-refractivity contribution in [3.8, 4) is 17.3 Å². The van der Waals surface area contributed by atoms with Crippen molar-refractivity contribution in [2.45, 2.75) is 38.5 Å². The van der Waals surface area contributed by atoms with Gasteiger partial charge in [-0.05, 0) is 48.4 Å². The van der Waals surface area contributed by atoms with Crippen LogP contribution in [-0.4, -0.2) is 37.2 Å². The predicted octanol–water partition coefficient (Wildman–Crippen LogP) is 3.86. The smallest absolute Gasteiger partial charge is 0.333 e. The highest BCUT2D eigenvalue weighted by molar-refractivity contribution is 5.89. The summed E-state index contributed by atoms with van der Waals surface area (Å²) < 4.78 is 46.9. The van der Waals surface area contributed by atoms with E-state index < -0.39 is 41.2 Å². The maximum Gasteiger partial charge on any atom is 0.333 e. The van der Waals surface area contributed by atoms with Gasteiger partial charge < -0.3 is 20.1 Å². The topological polar surface area (TPSA) is 138 Å². The summed E-state index contributed by atoms with van der Waals surface area (Å²) in [6.07, 6.45) is 1.05. The van der Waals surface area contributed by atoms with E-state index in [0.717, 1.165) is 6.07 Å². The molecule has 1 aromatic carbocycles. The van der Waals surface area contributed by atoms with Crippen LogP contribution in [-0.2, 0) is 16.0 Å². The van der Waals surface area contributed by atoms with Crippen LogP contribution in [0.2, 0.25) is 0 Å². The zero-order chi connectivity index (χ0) is 26.0. The largest absolute Gasteiger partial charge is 0.506 e. The van der Waals surface area contributed by atoms with Crippen LogP contribution in [0.5, 0.6) is 5.75 Å². The molecule has 1 aliphatic carbocycles. The van der Waals surface area contributed by atoms with Gasteiger partial charge in [0.15, 0.2) is 11.6 Å². The fourth-order valence-electron chi connectivity index (χ4n) is 4.17. The van der Waals surface area contributed by atoms with Crippen molar-refractivity contribution in [2.24, 2.45) is 5.92 Å². The fraction of sp³-hybridized carbons (Fsp3) is 0.292. The fourth-order valence-corrected chi connectivity index (χ4v) is 4.17. The van der Waals surface area contributed by atoms with Crippen LogP contribution in [0.15, 0.2) is 46.3 Å². The first-order chi connectivity index (χ1) is 17.1. The number of aryl methyl sites for hydroxylation is 1. The second-order valence-electron chi connectivity index (χ2n) is 8.51. The number of nitrogens with one attached hydrogen (secondary N) is 1. The van der Waals surface area contributed by atoms with Crippen molar-refractivity contribution in [2.75, 3.05) is 0 Å². The summed E-state index contributed by atoms with van der Waals surface area (Å²) in [6.45, 7) is 1.69. The Hall–Kier alpha value is -4.22. The van der Waals surface area contributed by atoms with Crippen LogP contribution >= 0.6 is 0 Å². The van der Waals surface area contributed by atoms with Crippen LogP contribution in [0.4, 0.5) is 13.2 Å². The molecule has 0 saturated heterocycles. The predicted molar refractivity (Wildman–Crippen MR) is 118 cm³/mol. The van der Waals surface area contributed by atoms with Crippen molar-refractivity contribution in [1.29, 1.82) is 0 Å². The van der Waals surface area contributed by atoms with E-state index in [1.807, 2.05) is 0 Å². The van der Waals surface area contributed by atoms with Crippen LogP contribution in [0.25, 0.3) is 11.5 Å². The molecule has 36 heavy (non-hydrogen) atoms. The van der Waals surface area contributed by atoms with Crippen LogP contribution in [0, 0.1) is 23.4 Å². The van der Waals surface area contributed by atoms with E-state index in [2.05, 4.69) is 20.4 Å². The first-order valence-corrected chi connectivity index (χ1v) is 11.0. The minimum absolute atomic E-state index is 0.0224. The van der Waals surface area contributed by atoms with Crippen molar-refractivity contribution in [1.82, 2.24) is 20.4 Å². The number of hydrogen-bond acceptors (Lipinski definition) is 7. The number of aromatic hydroxyl groups is 1. The molecule has 0 bridgehead atoms. The van der Waals surface area contributed by atoms with E-state index >= 15 is 0 Å². The summed E-state index contributed by atoms with van der Waals surface area (Å²) in [6, 6.07) is 4.21. The standard InChI is InChI=1S/C24H21F3N4O5/c1-11-6-19(16(24(34)35)9-14(11)15-7-12(25)8-17(26)22(15)27)29-20(33)4-5-21-30-23(31-36-21)18-3-2-13(32)10-28-18/h2-3,7-8,10-11,14,32H,4-6,9H2,1H3,(H,29,33)(H,34,35). The Bertz CT molecular complexity index is 1340. The number of carbonyl (C=O) groups is 2. The first-order valence-electron chi connectivity index (χ1n) is 11.0. The second-order valence-corrected chi connectivity index (χ2v) is 8.51. The van der Waals surface area contributed by atoms with Crippen LogP contribution in [0.1, 0.15) is 43.6 Å². The summed E-state index contributed by atoms with van der Waals surface area (Å²) in [5.74, 6) is -6.22. The van der Waals surface area contributed by atoms with Gasteiger partial charge in [-0.2, -0.15) is 4.98 Å². The minimum atomic E-state index is -1.34. The van der Waals surface area contributed by atoms with Crippen molar-refractivity contribution < 1.29 is 37.5 Å². The number of carboxylic acid groups (broad SMARTS) is 1. The lowest BCUT2D eigenvalue weighted by atomic mass is 9.75. The molecule has 188 valence electrons. The molecule has 1 amide bonds. The third kappa shape index (κ3) is 5.37. The maximum absolute atomic E-state index is 14.4. The van der Waals surface area contributed by atoms with Gasteiger partial charge in [-0.1, -0.05) is 12.1 Å². The molecule has 0 radical (unpaired) electrons. The summed E-state index contributed by atoms with van der Waals surface area (Å²) in [5, 5.41) is 25.4. The molecule has 1 aliphatic rings. The summed E-state index contributed by atoms with van der Waals surface area (Å²) >= 11 is 0. The lowest BCUT2D eigenvalue weighted by Crippen LogP contribution is -2.32. The van der Waals surface area contributed by atoms with Gasteiger partial charge >= 0.3 is 5.97 Å². The molecule has 0 fully saturated rings. The maximum atomic E-state index is 14.4. The SMILES string of the molecule is CC1CC(NC(=O)CCc2nc(-c3ccc(O)cn3)no2)=C(C(=O)O)CC1c1cc(F)cc(F)c1F. The van der Waals surface area contributed by atoms with E-state index in [0.29, 0.717) is 11.8 Å². The number of pyridine rings is 1.